The van der Waals surface area contributed by atoms with Crippen LogP contribution in [-0.2, 0) is 12.8 Å². The maximum Gasteiger partial charge on any atom is 0.573 e. The highest BCUT2D eigenvalue weighted by Crippen LogP contribution is 2.40. The topological polar surface area (TPSA) is 55.0 Å². The fraction of sp³-hybridized carbons (Fsp3) is 0.280. The van der Waals surface area contributed by atoms with Crippen molar-refractivity contribution in [2.75, 3.05) is 0 Å². The molecule has 1 aliphatic carbocycles. The van der Waals surface area contributed by atoms with Crippen molar-refractivity contribution in [3.63, 3.8) is 0 Å². The number of pyridine rings is 1. The van der Waals surface area contributed by atoms with Gasteiger partial charge in [0.05, 0.1) is 16.9 Å². The number of carbonyl (C=O) groups is 1. The molecule has 2 aromatic heterocycles. The van der Waals surface area contributed by atoms with Gasteiger partial charge in [-0.15, -0.1) is 13.2 Å². The molecule has 1 aliphatic rings. The molecule has 0 fully saturated rings. The van der Waals surface area contributed by atoms with Gasteiger partial charge in [-0.25, -0.2) is 0 Å². The second-order valence-electron chi connectivity index (χ2n) is 9.11. The molecule has 5 rings (SSSR count). The van der Waals surface area contributed by atoms with Gasteiger partial charge in [0.15, 0.2) is 5.78 Å². The SMILES string of the molecule is CC1(C)CC(=O)c2c(nc(Cc3ccc(OC(F)(F)F)cc3)c3[nH]c4ccccc4c23)C1. The number of aromatic amines is 1. The summed E-state index contributed by atoms with van der Waals surface area (Å²) >= 11 is 0. The van der Waals surface area contributed by atoms with Gasteiger partial charge in [-0.05, 0) is 35.6 Å². The Balaban J connectivity index is 1.64. The molecule has 0 unspecified atom stereocenters. The van der Waals surface area contributed by atoms with Crippen LogP contribution in [0, 0.1) is 5.41 Å². The number of hydrogen-bond donors (Lipinski definition) is 1. The summed E-state index contributed by atoms with van der Waals surface area (Å²) in [7, 11) is 0. The highest BCUT2D eigenvalue weighted by molar-refractivity contribution is 6.19. The first-order valence-electron chi connectivity index (χ1n) is 10.4. The van der Waals surface area contributed by atoms with Crippen LogP contribution < -0.4 is 4.74 Å². The van der Waals surface area contributed by atoms with E-state index in [0.717, 1.165) is 38.8 Å². The lowest BCUT2D eigenvalue weighted by Gasteiger charge is -2.30. The number of para-hydroxylation sites is 1. The Kier molecular flexibility index (Phi) is 4.55. The number of benzene rings is 2. The molecular formula is C25H21F3N2O2. The van der Waals surface area contributed by atoms with E-state index in [4.69, 9.17) is 4.98 Å². The number of aromatic nitrogens is 2. The van der Waals surface area contributed by atoms with Gasteiger partial charge in [0.2, 0.25) is 0 Å². The van der Waals surface area contributed by atoms with E-state index < -0.39 is 6.36 Å². The average molecular weight is 438 g/mol. The first-order valence-corrected chi connectivity index (χ1v) is 10.4. The smallest absolute Gasteiger partial charge is 0.406 e. The van der Waals surface area contributed by atoms with Crippen molar-refractivity contribution in [3.8, 4) is 5.75 Å². The van der Waals surface area contributed by atoms with Gasteiger partial charge in [-0.1, -0.05) is 44.2 Å². The van der Waals surface area contributed by atoms with Crippen LogP contribution in [0.1, 0.15) is 47.6 Å². The minimum Gasteiger partial charge on any atom is -0.406 e. The maximum atomic E-state index is 13.1. The van der Waals surface area contributed by atoms with Crippen molar-refractivity contribution in [2.24, 2.45) is 5.41 Å². The minimum absolute atomic E-state index is 0.0960. The lowest BCUT2D eigenvalue weighted by molar-refractivity contribution is -0.274. The summed E-state index contributed by atoms with van der Waals surface area (Å²) in [6.45, 7) is 4.13. The van der Waals surface area contributed by atoms with E-state index in [-0.39, 0.29) is 16.9 Å². The largest absolute Gasteiger partial charge is 0.573 e. The normalized spacial score (nSPS) is 15.8. The molecule has 1 N–H and O–H groups in total. The highest BCUT2D eigenvalue weighted by Gasteiger charge is 2.35. The molecule has 0 amide bonds. The molecule has 32 heavy (non-hydrogen) atoms. The Morgan fingerprint density at radius 3 is 2.50 bits per heavy atom. The Hall–Kier alpha value is -3.35. The van der Waals surface area contributed by atoms with Crippen LogP contribution in [0.2, 0.25) is 0 Å². The zero-order valence-corrected chi connectivity index (χ0v) is 17.6. The molecule has 2 aromatic carbocycles. The third-order valence-electron chi connectivity index (χ3n) is 5.90. The van der Waals surface area contributed by atoms with Gasteiger partial charge in [0.25, 0.3) is 0 Å². The molecule has 0 saturated heterocycles. The molecule has 4 aromatic rings. The first-order chi connectivity index (χ1) is 15.1. The van der Waals surface area contributed by atoms with Crippen LogP contribution in [0.15, 0.2) is 48.5 Å². The van der Waals surface area contributed by atoms with Crippen LogP contribution in [0.4, 0.5) is 13.2 Å². The summed E-state index contributed by atoms with van der Waals surface area (Å²) < 4.78 is 41.3. The molecule has 4 nitrogen and oxygen atoms in total. The quantitative estimate of drug-likeness (QED) is 0.405. The number of fused-ring (bicyclic) bond motifs is 5. The molecule has 7 heteroatoms. The molecule has 0 radical (unpaired) electrons. The summed E-state index contributed by atoms with van der Waals surface area (Å²) in [5.41, 5.74) is 4.59. The number of carbonyl (C=O) groups excluding carboxylic acids is 1. The number of rotatable bonds is 3. The molecule has 0 spiro atoms. The van der Waals surface area contributed by atoms with Gasteiger partial charge >= 0.3 is 6.36 Å². The molecule has 0 saturated carbocycles. The minimum atomic E-state index is -4.72. The highest BCUT2D eigenvalue weighted by atomic mass is 19.4. The van der Waals surface area contributed by atoms with Crippen LogP contribution >= 0.6 is 0 Å². The van der Waals surface area contributed by atoms with Crippen molar-refractivity contribution >= 4 is 27.6 Å². The molecule has 0 bridgehead atoms. The van der Waals surface area contributed by atoms with Gasteiger partial charge in [0.1, 0.15) is 5.75 Å². The standard InChI is InChI=1S/C25H21F3N2O2/c1-24(2)12-19-22(20(31)13-24)21-16-5-3-4-6-17(16)30-23(21)18(29-19)11-14-7-9-15(10-8-14)32-25(26,27)28/h3-10,30H,11-13H2,1-2H3. The Morgan fingerprint density at radius 2 is 1.78 bits per heavy atom. The summed E-state index contributed by atoms with van der Waals surface area (Å²) in [6.07, 6.45) is -3.15. The lowest BCUT2D eigenvalue weighted by atomic mass is 9.74. The second-order valence-corrected chi connectivity index (χ2v) is 9.11. The number of H-pyrrole nitrogens is 1. The van der Waals surface area contributed by atoms with Crippen molar-refractivity contribution < 1.29 is 22.7 Å². The number of nitrogens with one attached hydrogen (secondary N) is 1. The summed E-state index contributed by atoms with van der Waals surface area (Å²) in [5, 5.41) is 1.86. The monoisotopic (exact) mass is 438 g/mol. The average Bonchev–Trinajstić information content (AvgIpc) is 3.07. The summed E-state index contributed by atoms with van der Waals surface area (Å²) in [6, 6.07) is 13.6. The van der Waals surface area contributed by atoms with Crippen LogP contribution in [-0.4, -0.2) is 22.1 Å². The van der Waals surface area contributed by atoms with E-state index in [1.165, 1.54) is 12.1 Å². The van der Waals surface area contributed by atoms with Crippen LogP contribution in [0.25, 0.3) is 21.8 Å². The molecule has 2 heterocycles. The first kappa shape index (κ1) is 20.5. The molecule has 164 valence electrons. The third-order valence-corrected chi connectivity index (χ3v) is 5.90. The third kappa shape index (κ3) is 3.72. The van der Waals surface area contributed by atoms with E-state index in [0.29, 0.717) is 24.8 Å². The fourth-order valence-corrected chi connectivity index (χ4v) is 4.63. The van der Waals surface area contributed by atoms with Crippen molar-refractivity contribution in [2.45, 2.75) is 39.5 Å². The second kappa shape index (κ2) is 7.08. The van der Waals surface area contributed by atoms with E-state index in [9.17, 15) is 18.0 Å². The number of Topliss-reactive ketones (excluding diaryl/α,β-unsaturated/α-hetero) is 1. The Bertz CT molecular complexity index is 1350. The van der Waals surface area contributed by atoms with Gasteiger partial charge in [0, 0.05) is 34.7 Å². The van der Waals surface area contributed by atoms with Crippen molar-refractivity contribution in [1.29, 1.82) is 0 Å². The predicted octanol–water partition coefficient (Wildman–Crippen LogP) is 6.36. The van der Waals surface area contributed by atoms with E-state index in [1.54, 1.807) is 12.1 Å². The van der Waals surface area contributed by atoms with E-state index in [1.807, 2.05) is 24.3 Å². The number of alkyl halides is 3. The van der Waals surface area contributed by atoms with Gasteiger partial charge < -0.3 is 9.72 Å². The fourth-order valence-electron chi connectivity index (χ4n) is 4.63. The number of nitrogens with zero attached hydrogens (tertiary/aromatic N) is 1. The molecule has 0 atom stereocenters. The van der Waals surface area contributed by atoms with Crippen LogP contribution in [0.3, 0.4) is 0 Å². The van der Waals surface area contributed by atoms with Gasteiger partial charge in [-0.3, -0.25) is 9.78 Å². The zero-order chi connectivity index (χ0) is 22.7. The summed E-state index contributed by atoms with van der Waals surface area (Å²) in [4.78, 5) is 21.4. The Labute approximate surface area is 182 Å². The number of halogens is 3. The van der Waals surface area contributed by atoms with Gasteiger partial charge in [-0.2, -0.15) is 0 Å². The van der Waals surface area contributed by atoms with Crippen LogP contribution in [0.5, 0.6) is 5.75 Å². The van der Waals surface area contributed by atoms with E-state index >= 15 is 0 Å². The molecule has 0 aliphatic heterocycles. The predicted molar refractivity (Wildman–Crippen MR) is 116 cm³/mol. The zero-order valence-electron chi connectivity index (χ0n) is 17.6. The lowest BCUT2D eigenvalue weighted by Crippen LogP contribution is -2.28. The number of hydrogen-bond acceptors (Lipinski definition) is 3. The summed E-state index contributed by atoms with van der Waals surface area (Å²) in [5.74, 6) is -0.165. The van der Waals surface area contributed by atoms with Crippen molar-refractivity contribution in [3.05, 3.63) is 71.0 Å². The van der Waals surface area contributed by atoms with Crippen molar-refractivity contribution in [1.82, 2.24) is 9.97 Å². The Morgan fingerprint density at radius 1 is 1.06 bits per heavy atom. The number of ketones is 1. The number of ether oxygens (including phenoxy) is 1. The molecular weight excluding hydrogens is 417 g/mol. The van der Waals surface area contributed by atoms with E-state index in [2.05, 4.69) is 23.6 Å². The maximum absolute atomic E-state index is 13.1.